The Kier molecular flexibility index (Phi) is 4.16. The molecule has 0 unspecified atom stereocenters. The van der Waals surface area contributed by atoms with Crippen molar-refractivity contribution in [3.63, 3.8) is 0 Å². The Bertz CT molecular complexity index is 404. The highest BCUT2D eigenvalue weighted by Crippen LogP contribution is 2.32. The minimum Gasteiger partial charge on any atom is -0.481 e. The third-order valence-electron chi connectivity index (χ3n) is 2.57. The van der Waals surface area contributed by atoms with E-state index in [2.05, 4.69) is 10.2 Å². The van der Waals surface area contributed by atoms with Crippen LogP contribution in [0, 0.1) is 0 Å². The molecule has 1 fully saturated rings. The first-order chi connectivity index (χ1) is 8.18. The SMILES string of the molecule is Nc1nnc(SCC(=O)O)n1C1CCSCC1. The Morgan fingerprint density at radius 1 is 1.53 bits per heavy atom. The average Bonchev–Trinajstić information content (AvgIpc) is 2.69. The summed E-state index contributed by atoms with van der Waals surface area (Å²) < 4.78 is 1.88. The highest BCUT2D eigenvalue weighted by atomic mass is 32.2. The molecule has 1 aliphatic rings. The van der Waals surface area contributed by atoms with E-state index in [-0.39, 0.29) is 5.75 Å². The molecule has 1 aliphatic heterocycles. The van der Waals surface area contributed by atoms with Crippen LogP contribution >= 0.6 is 23.5 Å². The Labute approximate surface area is 107 Å². The lowest BCUT2D eigenvalue weighted by Crippen LogP contribution is -2.18. The molecule has 0 spiro atoms. The van der Waals surface area contributed by atoms with Gasteiger partial charge in [-0.25, -0.2) is 0 Å². The molecule has 2 rings (SSSR count). The fraction of sp³-hybridized carbons (Fsp3) is 0.667. The van der Waals surface area contributed by atoms with Gasteiger partial charge in [0.1, 0.15) is 0 Å². The third kappa shape index (κ3) is 3.06. The highest BCUT2D eigenvalue weighted by Gasteiger charge is 2.22. The molecule has 0 aromatic carbocycles. The monoisotopic (exact) mass is 274 g/mol. The molecule has 1 aromatic heterocycles. The first-order valence-corrected chi connectivity index (χ1v) is 7.45. The lowest BCUT2D eigenvalue weighted by atomic mass is 10.1. The number of carboxylic acids is 1. The number of nitrogens with zero attached hydrogens (tertiary/aromatic N) is 3. The summed E-state index contributed by atoms with van der Waals surface area (Å²) in [6, 6.07) is 0.308. The van der Waals surface area contributed by atoms with E-state index < -0.39 is 5.97 Å². The number of rotatable bonds is 4. The largest absolute Gasteiger partial charge is 0.481 e. The van der Waals surface area contributed by atoms with E-state index in [1.54, 1.807) is 0 Å². The minimum atomic E-state index is -0.859. The Morgan fingerprint density at radius 3 is 2.88 bits per heavy atom. The first-order valence-electron chi connectivity index (χ1n) is 5.31. The number of hydrogen-bond donors (Lipinski definition) is 2. The van der Waals surface area contributed by atoms with Crippen molar-refractivity contribution in [2.75, 3.05) is 23.0 Å². The molecule has 1 aromatic rings. The van der Waals surface area contributed by atoms with Crippen LogP contribution in [0.15, 0.2) is 5.16 Å². The third-order valence-corrected chi connectivity index (χ3v) is 4.55. The van der Waals surface area contributed by atoms with Crippen molar-refractivity contribution in [2.24, 2.45) is 0 Å². The van der Waals surface area contributed by atoms with Gasteiger partial charge < -0.3 is 10.8 Å². The van der Waals surface area contributed by atoms with Gasteiger partial charge in [-0.3, -0.25) is 9.36 Å². The van der Waals surface area contributed by atoms with E-state index in [4.69, 9.17) is 10.8 Å². The molecule has 0 bridgehead atoms. The van der Waals surface area contributed by atoms with Crippen molar-refractivity contribution in [2.45, 2.75) is 24.0 Å². The molecule has 1 saturated heterocycles. The van der Waals surface area contributed by atoms with Crippen molar-refractivity contribution < 1.29 is 9.90 Å². The van der Waals surface area contributed by atoms with E-state index in [0.29, 0.717) is 17.1 Å². The summed E-state index contributed by atoms with van der Waals surface area (Å²) in [5, 5.41) is 17.1. The van der Waals surface area contributed by atoms with Crippen molar-refractivity contribution in [3.05, 3.63) is 0 Å². The molecular weight excluding hydrogens is 260 g/mol. The van der Waals surface area contributed by atoms with E-state index in [9.17, 15) is 4.79 Å². The highest BCUT2D eigenvalue weighted by molar-refractivity contribution is 7.99. The summed E-state index contributed by atoms with van der Waals surface area (Å²) in [5.41, 5.74) is 5.80. The van der Waals surface area contributed by atoms with Crippen LogP contribution in [-0.2, 0) is 4.79 Å². The molecule has 0 saturated carbocycles. The average molecular weight is 274 g/mol. The van der Waals surface area contributed by atoms with Crippen LogP contribution in [-0.4, -0.2) is 43.1 Å². The summed E-state index contributed by atoms with van der Waals surface area (Å²) in [6.45, 7) is 0. The number of nitrogen functional groups attached to an aromatic ring is 1. The van der Waals surface area contributed by atoms with Gasteiger partial charge in [-0.05, 0) is 24.3 Å². The molecule has 0 amide bonds. The van der Waals surface area contributed by atoms with E-state index in [0.717, 1.165) is 24.3 Å². The number of anilines is 1. The van der Waals surface area contributed by atoms with Crippen LogP contribution in [0.3, 0.4) is 0 Å². The second-order valence-electron chi connectivity index (χ2n) is 3.74. The maximum atomic E-state index is 10.6. The van der Waals surface area contributed by atoms with Crippen LogP contribution in [0.1, 0.15) is 18.9 Å². The summed E-state index contributed by atoms with van der Waals surface area (Å²) in [5.74, 6) is 1.72. The Morgan fingerprint density at radius 2 is 2.24 bits per heavy atom. The number of carbonyl (C=O) groups is 1. The smallest absolute Gasteiger partial charge is 0.313 e. The number of aliphatic carboxylic acids is 1. The standard InChI is InChI=1S/C9H14N4O2S2/c10-8-11-12-9(17-5-7(14)15)13(8)6-1-3-16-4-2-6/h6H,1-5H2,(H2,10,11)(H,14,15). The van der Waals surface area contributed by atoms with Crippen molar-refractivity contribution in [3.8, 4) is 0 Å². The molecule has 17 heavy (non-hydrogen) atoms. The lowest BCUT2D eigenvalue weighted by Gasteiger charge is -2.24. The van der Waals surface area contributed by atoms with Crippen molar-refractivity contribution >= 4 is 35.4 Å². The lowest BCUT2D eigenvalue weighted by molar-refractivity contribution is -0.133. The zero-order valence-corrected chi connectivity index (χ0v) is 10.8. The van der Waals surface area contributed by atoms with Gasteiger partial charge in [-0.1, -0.05) is 11.8 Å². The maximum Gasteiger partial charge on any atom is 0.313 e. The summed E-state index contributed by atoms with van der Waals surface area (Å²) in [7, 11) is 0. The van der Waals surface area contributed by atoms with Crippen molar-refractivity contribution in [1.82, 2.24) is 14.8 Å². The van der Waals surface area contributed by atoms with E-state index >= 15 is 0 Å². The van der Waals surface area contributed by atoms with Gasteiger partial charge in [0.2, 0.25) is 5.95 Å². The van der Waals surface area contributed by atoms with Gasteiger partial charge in [0.25, 0.3) is 0 Å². The summed E-state index contributed by atoms with van der Waals surface area (Å²) >= 11 is 3.10. The van der Waals surface area contributed by atoms with Gasteiger partial charge in [0.15, 0.2) is 5.16 Å². The molecule has 3 N–H and O–H groups in total. The molecule has 2 heterocycles. The summed E-state index contributed by atoms with van der Waals surface area (Å²) in [4.78, 5) is 10.6. The molecule has 0 aliphatic carbocycles. The van der Waals surface area contributed by atoms with Crippen LogP contribution in [0.5, 0.6) is 0 Å². The second kappa shape index (κ2) is 5.63. The van der Waals surface area contributed by atoms with Crippen molar-refractivity contribution in [1.29, 1.82) is 0 Å². The second-order valence-corrected chi connectivity index (χ2v) is 5.90. The van der Waals surface area contributed by atoms with Gasteiger partial charge in [-0.2, -0.15) is 11.8 Å². The quantitative estimate of drug-likeness (QED) is 0.794. The molecule has 8 heteroatoms. The zero-order valence-electron chi connectivity index (χ0n) is 9.20. The van der Waals surface area contributed by atoms with E-state index in [1.165, 1.54) is 11.8 Å². The number of carboxylic acid groups (broad SMARTS) is 1. The normalized spacial score (nSPS) is 17.2. The molecule has 94 valence electrons. The predicted octanol–water partition coefficient (Wildman–Crippen LogP) is 1.11. The van der Waals surface area contributed by atoms with Gasteiger partial charge in [-0.15, -0.1) is 10.2 Å². The Balaban J connectivity index is 2.13. The maximum absolute atomic E-state index is 10.6. The number of thioether (sulfide) groups is 2. The van der Waals surface area contributed by atoms with Gasteiger partial charge >= 0.3 is 5.97 Å². The topological polar surface area (TPSA) is 94.0 Å². The van der Waals surface area contributed by atoms with Gasteiger partial charge in [0.05, 0.1) is 5.75 Å². The molecular formula is C9H14N4O2S2. The number of nitrogens with two attached hydrogens (primary N) is 1. The first kappa shape index (κ1) is 12.6. The zero-order chi connectivity index (χ0) is 12.3. The van der Waals surface area contributed by atoms with E-state index in [1.807, 2.05) is 16.3 Å². The molecule has 0 atom stereocenters. The van der Waals surface area contributed by atoms with Gasteiger partial charge in [0, 0.05) is 6.04 Å². The predicted molar refractivity (Wildman–Crippen MR) is 68.4 cm³/mol. The molecule has 0 radical (unpaired) electrons. The van der Waals surface area contributed by atoms with Crippen LogP contribution < -0.4 is 5.73 Å². The molecule has 6 nitrogen and oxygen atoms in total. The fourth-order valence-electron chi connectivity index (χ4n) is 1.80. The minimum absolute atomic E-state index is 0.0143. The fourth-order valence-corrected chi connectivity index (χ4v) is 3.61. The Hall–Kier alpha value is -0.890. The van der Waals surface area contributed by atoms with Crippen LogP contribution in [0.2, 0.25) is 0 Å². The van der Waals surface area contributed by atoms with Crippen LogP contribution in [0.25, 0.3) is 0 Å². The number of aromatic nitrogens is 3. The number of hydrogen-bond acceptors (Lipinski definition) is 6. The summed E-state index contributed by atoms with van der Waals surface area (Å²) in [6.07, 6.45) is 2.07. The van der Waals surface area contributed by atoms with Crippen LogP contribution in [0.4, 0.5) is 5.95 Å².